The van der Waals surface area contributed by atoms with Crippen molar-refractivity contribution in [1.82, 2.24) is 4.90 Å². The summed E-state index contributed by atoms with van der Waals surface area (Å²) in [6, 6.07) is 0. The molecule has 1 saturated heterocycles. The highest BCUT2D eigenvalue weighted by Crippen LogP contribution is 2.64. The fourth-order valence-corrected chi connectivity index (χ4v) is 8.90. The van der Waals surface area contributed by atoms with Crippen molar-refractivity contribution in [2.45, 2.75) is 78.1 Å². The van der Waals surface area contributed by atoms with Gasteiger partial charge in [-0.05, 0) is 98.7 Å². The number of hydrogen-bond acceptors (Lipinski definition) is 3. The SMILES string of the molecule is CC1CCC2C(CCC3C2CCC2(C)C(C(=O)CN4CCCOCC4)CCC32)C1. The van der Waals surface area contributed by atoms with Crippen LogP contribution in [0.4, 0.5) is 0 Å². The van der Waals surface area contributed by atoms with Crippen molar-refractivity contribution >= 4 is 5.78 Å². The standard InChI is InChI=1S/C26H43NO2/c1-18-4-6-20-19(16-18)5-7-22-21(20)10-11-26(2)23(22)8-9-24(26)25(28)17-27-12-3-14-29-15-13-27/h18-24H,3-17H2,1-2H3. The lowest BCUT2D eigenvalue weighted by Gasteiger charge is -2.56. The molecule has 0 aromatic heterocycles. The molecule has 0 aromatic rings. The molecule has 5 aliphatic rings. The van der Waals surface area contributed by atoms with E-state index in [1.54, 1.807) is 0 Å². The second kappa shape index (κ2) is 8.26. The molecule has 3 heteroatoms. The average Bonchev–Trinajstić information content (AvgIpc) is 2.87. The summed E-state index contributed by atoms with van der Waals surface area (Å²) in [5.74, 6) is 6.60. The van der Waals surface area contributed by atoms with Gasteiger partial charge in [0.15, 0.2) is 0 Å². The maximum Gasteiger partial charge on any atom is 0.150 e. The quantitative estimate of drug-likeness (QED) is 0.652. The smallest absolute Gasteiger partial charge is 0.150 e. The molecule has 0 radical (unpaired) electrons. The van der Waals surface area contributed by atoms with Crippen LogP contribution in [0.15, 0.2) is 0 Å². The first-order valence-corrected chi connectivity index (χ1v) is 12.9. The largest absolute Gasteiger partial charge is 0.380 e. The Morgan fingerprint density at radius 3 is 2.72 bits per heavy atom. The predicted molar refractivity (Wildman–Crippen MR) is 117 cm³/mol. The molecule has 4 aliphatic carbocycles. The van der Waals surface area contributed by atoms with E-state index in [1.165, 1.54) is 57.8 Å². The first-order chi connectivity index (χ1) is 14.1. The van der Waals surface area contributed by atoms with Crippen molar-refractivity contribution in [1.29, 1.82) is 0 Å². The third-order valence-corrected chi connectivity index (χ3v) is 10.3. The molecule has 8 unspecified atom stereocenters. The Kier molecular flexibility index (Phi) is 5.84. The van der Waals surface area contributed by atoms with Crippen LogP contribution in [0.1, 0.15) is 78.1 Å². The molecule has 1 aliphatic heterocycles. The molecular weight excluding hydrogens is 358 g/mol. The van der Waals surface area contributed by atoms with E-state index in [1.807, 2.05) is 0 Å². The van der Waals surface area contributed by atoms with E-state index in [0.717, 1.165) is 68.2 Å². The maximum atomic E-state index is 13.4. The molecule has 1 heterocycles. The van der Waals surface area contributed by atoms with Gasteiger partial charge in [0.1, 0.15) is 5.78 Å². The van der Waals surface area contributed by atoms with Gasteiger partial charge in [-0.1, -0.05) is 20.3 Å². The zero-order valence-electron chi connectivity index (χ0n) is 18.9. The fourth-order valence-electron chi connectivity index (χ4n) is 8.90. The number of ketones is 1. The van der Waals surface area contributed by atoms with Crippen molar-refractivity contribution in [3.05, 3.63) is 0 Å². The number of carbonyl (C=O) groups is 1. The van der Waals surface area contributed by atoms with Crippen LogP contribution in [0.2, 0.25) is 0 Å². The van der Waals surface area contributed by atoms with E-state index in [0.29, 0.717) is 18.2 Å². The minimum atomic E-state index is 0.287. The first-order valence-electron chi connectivity index (χ1n) is 12.9. The first kappa shape index (κ1) is 20.5. The molecule has 8 atom stereocenters. The van der Waals surface area contributed by atoms with Crippen LogP contribution in [0.25, 0.3) is 0 Å². The zero-order valence-corrected chi connectivity index (χ0v) is 18.9. The topological polar surface area (TPSA) is 29.5 Å². The van der Waals surface area contributed by atoms with Crippen molar-refractivity contribution in [3.63, 3.8) is 0 Å². The highest BCUT2D eigenvalue weighted by Gasteiger charge is 2.58. The lowest BCUT2D eigenvalue weighted by Crippen LogP contribution is -2.50. The lowest BCUT2D eigenvalue weighted by atomic mass is 9.49. The average molecular weight is 402 g/mol. The normalized spacial score (nSPS) is 48.3. The van der Waals surface area contributed by atoms with E-state index in [2.05, 4.69) is 18.7 Å². The van der Waals surface area contributed by atoms with Gasteiger partial charge in [0, 0.05) is 25.6 Å². The van der Waals surface area contributed by atoms with Gasteiger partial charge in [0.25, 0.3) is 0 Å². The molecular formula is C26H43NO2. The summed E-state index contributed by atoms with van der Waals surface area (Å²) in [5.41, 5.74) is 0.287. The number of nitrogens with zero attached hydrogens (tertiary/aromatic N) is 1. The summed E-state index contributed by atoms with van der Waals surface area (Å²) in [4.78, 5) is 15.8. The summed E-state index contributed by atoms with van der Waals surface area (Å²) in [6.45, 7) is 9.29. The fraction of sp³-hybridized carbons (Fsp3) is 0.962. The zero-order chi connectivity index (χ0) is 20.0. The van der Waals surface area contributed by atoms with Crippen molar-refractivity contribution in [2.24, 2.45) is 46.8 Å². The summed E-state index contributed by atoms with van der Waals surface area (Å²) in [6.07, 6.45) is 13.7. The Balaban J connectivity index is 1.27. The third-order valence-electron chi connectivity index (χ3n) is 10.3. The number of rotatable bonds is 3. The van der Waals surface area contributed by atoms with E-state index in [9.17, 15) is 4.79 Å². The molecule has 5 rings (SSSR count). The maximum absolute atomic E-state index is 13.4. The van der Waals surface area contributed by atoms with E-state index in [4.69, 9.17) is 4.74 Å². The molecule has 29 heavy (non-hydrogen) atoms. The molecule has 164 valence electrons. The van der Waals surface area contributed by atoms with Crippen molar-refractivity contribution in [2.75, 3.05) is 32.8 Å². The van der Waals surface area contributed by atoms with Gasteiger partial charge in [-0.3, -0.25) is 9.69 Å². The van der Waals surface area contributed by atoms with Gasteiger partial charge in [-0.25, -0.2) is 0 Å². The van der Waals surface area contributed by atoms with Crippen LogP contribution in [0.5, 0.6) is 0 Å². The van der Waals surface area contributed by atoms with Gasteiger partial charge in [-0.2, -0.15) is 0 Å². The number of carbonyl (C=O) groups excluding carboxylic acids is 1. The van der Waals surface area contributed by atoms with Crippen LogP contribution in [0, 0.1) is 46.8 Å². The van der Waals surface area contributed by atoms with Gasteiger partial charge in [0.2, 0.25) is 0 Å². The monoisotopic (exact) mass is 401 g/mol. The molecule has 5 fully saturated rings. The summed E-state index contributed by atoms with van der Waals surface area (Å²) >= 11 is 0. The molecule has 4 saturated carbocycles. The van der Waals surface area contributed by atoms with Gasteiger partial charge in [0.05, 0.1) is 13.2 Å². The lowest BCUT2D eigenvalue weighted by molar-refractivity contribution is -0.131. The van der Waals surface area contributed by atoms with Gasteiger partial charge in [-0.15, -0.1) is 0 Å². The Bertz CT molecular complexity index is 598. The Morgan fingerprint density at radius 2 is 1.83 bits per heavy atom. The predicted octanol–water partition coefficient (Wildman–Crippen LogP) is 5.18. The highest BCUT2D eigenvalue weighted by atomic mass is 16.5. The molecule has 0 amide bonds. The van der Waals surface area contributed by atoms with Crippen molar-refractivity contribution in [3.8, 4) is 0 Å². The summed E-state index contributed by atoms with van der Waals surface area (Å²) < 4.78 is 5.59. The van der Waals surface area contributed by atoms with Crippen LogP contribution in [-0.2, 0) is 9.53 Å². The molecule has 0 aromatic carbocycles. The highest BCUT2D eigenvalue weighted by molar-refractivity contribution is 5.84. The molecule has 0 spiro atoms. The van der Waals surface area contributed by atoms with Crippen LogP contribution >= 0.6 is 0 Å². The second-order valence-corrected chi connectivity index (χ2v) is 11.7. The van der Waals surface area contributed by atoms with E-state index in [-0.39, 0.29) is 5.41 Å². The minimum Gasteiger partial charge on any atom is -0.380 e. The van der Waals surface area contributed by atoms with Crippen LogP contribution < -0.4 is 0 Å². The summed E-state index contributed by atoms with van der Waals surface area (Å²) in [5, 5.41) is 0. The summed E-state index contributed by atoms with van der Waals surface area (Å²) in [7, 11) is 0. The Labute approximate surface area is 178 Å². The third kappa shape index (κ3) is 3.73. The van der Waals surface area contributed by atoms with E-state index >= 15 is 0 Å². The van der Waals surface area contributed by atoms with Crippen LogP contribution in [-0.4, -0.2) is 43.5 Å². The van der Waals surface area contributed by atoms with Crippen molar-refractivity contribution < 1.29 is 9.53 Å². The van der Waals surface area contributed by atoms with Gasteiger partial charge < -0.3 is 4.74 Å². The molecule has 3 nitrogen and oxygen atoms in total. The molecule has 0 N–H and O–H groups in total. The second-order valence-electron chi connectivity index (χ2n) is 11.7. The minimum absolute atomic E-state index is 0.287. The molecule has 0 bridgehead atoms. The number of ether oxygens (including phenoxy) is 1. The Hall–Kier alpha value is -0.410. The number of hydrogen-bond donors (Lipinski definition) is 0. The van der Waals surface area contributed by atoms with Gasteiger partial charge >= 0.3 is 0 Å². The van der Waals surface area contributed by atoms with E-state index < -0.39 is 0 Å². The van der Waals surface area contributed by atoms with Crippen LogP contribution in [0.3, 0.4) is 0 Å². The Morgan fingerprint density at radius 1 is 0.966 bits per heavy atom. The number of fused-ring (bicyclic) bond motifs is 5. The number of Topliss-reactive ketones (excluding diaryl/α,β-unsaturated/α-hetero) is 1.